The Morgan fingerprint density at radius 3 is 2.85 bits per heavy atom. The Labute approximate surface area is 152 Å². The summed E-state index contributed by atoms with van der Waals surface area (Å²) in [7, 11) is 0. The molecule has 5 nitrogen and oxygen atoms in total. The van der Waals surface area contributed by atoms with Crippen molar-refractivity contribution in [2.45, 2.75) is 38.6 Å². The second kappa shape index (κ2) is 6.75. The Morgan fingerprint density at radius 1 is 1.23 bits per heavy atom. The first-order chi connectivity index (χ1) is 12.7. The molecule has 1 amide bonds. The molecule has 5 heteroatoms. The number of aromatic nitrogens is 1. The molecule has 0 fully saturated rings. The maximum absolute atomic E-state index is 13.0. The van der Waals surface area contributed by atoms with Gasteiger partial charge in [-0.2, -0.15) is 0 Å². The molecule has 1 aromatic carbocycles. The summed E-state index contributed by atoms with van der Waals surface area (Å²) in [6.07, 6.45) is 5.97. The highest BCUT2D eigenvalue weighted by molar-refractivity contribution is 6.05. The Hall–Kier alpha value is -2.95. The van der Waals surface area contributed by atoms with Gasteiger partial charge in [0.2, 0.25) is 5.91 Å². The standard InChI is InChI=1S/C21H21N3O2/c1-2-19(26)24-17-10-4-3-8-15(17)23-16-9-5-11-18(25)20(16)21(24)14-7-6-12-22-13-14/h3-4,6-8,10,12-13,21,23H,2,5,9,11H2,1H3/t21-/m0/s1. The van der Waals surface area contributed by atoms with Crippen LogP contribution in [0, 0.1) is 0 Å². The molecule has 4 rings (SSSR count). The first kappa shape index (κ1) is 16.5. The number of carbonyl (C=O) groups excluding carboxylic acids is 2. The van der Waals surface area contributed by atoms with Gasteiger partial charge in [0.25, 0.3) is 0 Å². The van der Waals surface area contributed by atoms with Crippen molar-refractivity contribution in [3.8, 4) is 0 Å². The molecule has 0 spiro atoms. The van der Waals surface area contributed by atoms with Crippen LogP contribution < -0.4 is 10.2 Å². The van der Waals surface area contributed by atoms with Crippen molar-refractivity contribution >= 4 is 23.1 Å². The predicted molar refractivity (Wildman–Crippen MR) is 101 cm³/mol. The van der Waals surface area contributed by atoms with Crippen molar-refractivity contribution in [2.75, 3.05) is 10.2 Å². The van der Waals surface area contributed by atoms with Gasteiger partial charge in [-0.25, -0.2) is 0 Å². The normalized spacial score (nSPS) is 19.3. The number of para-hydroxylation sites is 2. The van der Waals surface area contributed by atoms with E-state index in [-0.39, 0.29) is 11.7 Å². The lowest BCUT2D eigenvalue weighted by molar-refractivity contribution is -0.118. The third kappa shape index (κ3) is 2.69. The number of hydrogen-bond donors (Lipinski definition) is 1. The van der Waals surface area contributed by atoms with Gasteiger partial charge in [-0.1, -0.05) is 25.1 Å². The van der Waals surface area contributed by atoms with E-state index < -0.39 is 6.04 Å². The molecule has 1 N–H and O–H groups in total. The van der Waals surface area contributed by atoms with Gasteiger partial charge >= 0.3 is 0 Å². The molecule has 0 bridgehead atoms. The molecule has 1 aromatic heterocycles. The van der Waals surface area contributed by atoms with Crippen molar-refractivity contribution in [3.63, 3.8) is 0 Å². The number of fused-ring (bicyclic) bond motifs is 1. The molecule has 2 aromatic rings. The van der Waals surface area contributed by atoms with Crippen molar-refractivity contribution in [2.24, 2.45) is 0 Å². The summed E-state index contributed by atoms with van der Waals surface area (Å²) in [4.78, 5) is 31.9. The highest BCUT2D eigenvalue weighted by Gasteiger charge is 2.38. The summed E-state index contributed by atoms with van der Waals surface area (Å²) in [5.74, 6) is 0.0922. The van der Waals surface area contributed by atoms with E-state index >= 15 is 0 Å². The largest absolute Gasteiger partial charge is 0.357 e. The summed E-state index contributed by atoms with van der Waals surface area (Å²) in [6.45, 7) is 1.85. The smallest absolute Gasteiger partial charge is 0.227 e. The Balaban J connectivity index is 2.00. The van der Waals surface area contributed by atoms with Crippen LogP contribution in [0.25, 0.3) is 0 Å². The number of Topliss-reactive ketones (excluding diaryl/α,β-unsaturated/α-hetero) is 1. The van der Waals surface area contributed by atoms with E-state index in [9.17, 15) is 9.59 Å². The zero-order valence-corrected chi connectivity index (χ0v) is 14.7. The number of nitrogens with zero attached hydrogens (tertiary/aromatic N) is 2. The third-order valence-electron chi connectivity index (χ3n) is 5.01. The first-order valence-electron chi connectivity index (χ1n) is 9.05. The number of amides is 1. The lowest BCUT2D eigenvalue weighted by atomic mass is 9.86. The fourth-order valence-corrected chi connectivity index (χ4v) is 3.83. The summed E-state index contributed by atoms with van der Waals surface area (Å²) in [5.41, 5.74) is 4.14. The van der Waals surface area contributed by atoms with Crippen molar-refractivity contribution < 1.29 is 9.59 Å². The molecule has 0 saturated carbocycles. The van der Waals surface area contributed by atoms with E-state index in [0.717, 1.165) is 35.5 Å². The second-order valence-corrected chi connectivity index (χ2v) is 6.62. The highest BCUT2D eigenvalue weighted by Crippen LogP contribution is 2.44. The Bertz CT molecular complexity index is 889. The number of rotatable bonds is 2. The summed E-state index contributed by atoms with van der Waals surface area (Å²) < 4.78 is 0. The topological polar surface area (TPSA) is 62.3 Å². The van der Waals surface area contributed by atoms with Crippen molar-refractivity contribution in [1.82, 2.24) is 4.98 Å². The number of pyridine rings is 1. The van der Waals surface area contributed by atoms with Crippen LogP contribution in [-0.4, -0.2) is 16.7 Å². The van der Waals surface area contributed by atoms with Crippen LogP contribution in [0.3, 0.4) is 0 Å². The minimum Gasteiger partial charge on any atom is -0.357 e. The second-order valence-electron chi connectivity index (χ2n) is 6.62. The zero-order chi connectivity index (χ0) is 18.1. The van der Waals surface area contributed by atoms with Gasteiger partial charge in [0.15, 0.2) is 5.78 Å². The summed E-state index contributed by atoms with van der Waals surface area (Å²) >= 11 is 0. The van der Waals surface area contributed by atoms with E-state index in [4.69, 9.17) is 0 Å². The van der Waals surface area contributed by atoms with Crippen LogP contribution in [-0.2, 0) is 9.59 Å². The first-order valence-corrected chi connectivity index (χ1v) is 9.05. The SMILES string of the molecule is CCC(=O)N1c2ccccc2NC2=C(C(=O)CCC2)[C@@H]1c1cccnc1. The molecular weight excluding hydrogens is 326 g/mol. The predicted octanol–water partition coefficient (Wildman–Crippen LogP) is 4.00. The number of allylic oxidation sites excluding steroid dienone is 1. The van der Waals surface area contributed by atoms with E-state index in [2.05, 4.69) is 10.3 Å². The van der Waals surface area contributed by atoms with Gasteiger partial charge in [0.05, 0.1) is 17.4 Å². The van der Waals surface area contributed by atoms with Gasteiger partial charge in [-0.3, -0.25) is 19.5 Å². The number of carbonyl (C=O) groups is 2. The molecule has 1 atom stereocenters. The molecular formula is C21H21N3O2. The number of hydrogen-bond acceptors (Lipinski definition) is 4. The minimum atomic E-state index is -0.449. The van der Waals surface area contributed by atoms with Gasteiger partial charge in [-0.05, 0) is 36.6 Å². The van der Waals surface area contributed by atoms with Gasteiger partial charge < -0.3 is 5.32 Å². The lowest BCUT2D eigenvalue weighted by Gasteiger charge is -2.33. The molecule has 1 aliphatic heterocycles. The van der Waals surface area contributed by atoms with Crippen LogP contribution in [0.4, 0.5) is 11.4 Å². The van der Waals surface area contributed by atoms with Crippen LogP contribution in [0.15, 0.2) is 60.1 Å². The van der Waals surface area contributed by atoms with Crippen LogP contribution in [0.1, 0.15) is 44.2 Å². The van der Waals surface area contributed by atoms with Gasteiger partial charge in [0.1, 0.15) is 0 Å². The maximum atomic E-state index is 13.0. The van der Waals surface area contributed by atoms with Gasteiger partial charge in [0, 0.05) is 36.5 Å². The van der Waals surface area contributed by atoms with E-state index in [1.54, 1.807) is 17.3 Å². The minimum absolute atomic E-state index is 0.0137. The maximum Gasteiger partial charge on any atom is 0.227 e. The average Bonchev–Trinajstić information content (AvgIpc) is 2.83. The van der Waals surface area contributed by atoms with Gasteiger partial charge in [-0.15, -0.1) is 0 Å². The average molecular weight is 347 g/mol. The Kier molecular flexibility index (Phi) is 4.29. The van der Waals surface area contributed by atoms with Crippen LogP contribution in [0.5, 0.6) is 0 Å². The van der Waals surface area contributed by atoms with Crippen molar-refractivity contribution in [1.29, 1.82) is 0 Å². The van der Waals surface area contributed by atoms with Crippen molar-refractivity contribution in [3.05, 3.63) is 65.6 Å². The third-order valence-corrected chi connectivity index (χ3v) is 5.01. The van der Waals surface area contributed by atoms with E-state index in [1.807, 2.05) is 43.3 Å². The molecule has 0 radical (unpaired) electrons. The quantitative estimate of drug-likeness (QED) is 0.892. The molecule has 0 unspecified atom stereocenters. The van der Waals surface area contributed by atoms with E-state index in [0.29, 0.717) is 18.4 Å². The van der Waals surface area contributed by atoms with Crippen LogP contribution in [0.2, 0.25) is 0 Å². The van der Waals surface area contributed by atoms with E-state index in [1.165, 1.54) is 0 Å². The number of ketones is 1. The zero-order valence-electron chi connectivity index (χ0n) is 14.7. The molecule has 2 aliphatic rings. The Morgan fingerprint density at radius 2 is 2.08 bits per heavy atom. The number of anilines is 2. The monoisotopic (exact) mass is 347 g/mol. The summed E-state index contributed by atoms with van der Waals surface area (Å²) in [6, 6.07) is 11.1. The fourth-order valence-electron chi connectivity index (χ4n) is 3.83. The molecule has 26 heavy (non-hydrogen) atoms. The molecule has 0 saturated heterocycles. The summed E-state index contributed by atoms with van der Waals surface area (Å²) in [5, 5.41) is 3.45. The number of nitrogens with one attached hydrogen (secondary N) is 1. The molecule has 132 valence electrons. The lowest BCUT2D eigenvalue weighted by Crippen LogP contribution is -2.37. The fraction of sp³-hybridized carbons (Fsp3) is 0.286. The van der Waals surface area contributed by atoms with Crippen LogP contribution >= 0.6 is 0 Å². The molecule has 2 heterocycles. The number of benzene rings is 1. The molecule has 1 aliphatic carbocycles. The highest BCUT2D eigenvalue weighted by atomic mass is 16.2.